The number of ketones is 1. The lowest BCUT2D eigenvalue weighted by Gasteiger charge is -2.10. The Morgan fingerprint density at radius 1 is 1.29 bits per heavy atom. The Bertz CT molecular complexity index is 998. The van der Waals surface area contributed by atoms with E-state index in [-0.39, 0.29) is 23.8 Å². The smallest absolute Gasteiger partial charge is 0.259 e. The van der Waals surface area contributed by atoms with Crippen molar-refractivity contribution in [2.24, 2.45) is 5.92 Å². The molecule has 0 aliphatic heterocycles. The van der Waals surface area contributed by atoms with Crippen LogP contribution in [0.2, 0.25) is 5.02 Å². The Morgan fingerprint density at radius 2 is 2.00 bits per heavy atom. The van der Waals surface area contributed by atoms with Crippen LogP contribution >= 0.6 is 11.6 Å². The van der Waals surface area contributed by atoms with Gasteiger partial charge in [0.1, 0.15) is 0 Å². The molecule has 0 atom stereocenters. The third kappa shape index (κ3) is 2.65. The molecule has 1 aromatic carbocycles. The molecule has 0 spiro atoms. The molecule has 6 heteroatoms. The van der Waals surface area contributed by atoms with Crippen LogP contribution < -0.4 is 5.56 Å². The van der Waals surface area contributed by atoms with Crippen molar-refractivity contribution < 1.29 is 4.79 Å². The second-order valence-electron chi connectivity index (χ2n) is 6.25. The van der Waals surface area contributed by atoms with Crippen LogP contribution in [0.25, 0.3) is 17.0 Å². The lowest BCUT2D eigenvalue weighted by Crippen LogP contribution is -2.22. The molecular weight excluding hydrogens is 326 g/mol. The topological polar surface area (TPSA) is 56.4 Å². The highest BCUT2D eigenvalue weighted by Crippen LogP contribution is 2.30. The Balaban J connectivity index is 1.84. The summed E-state index contributed by atoms with van der Waals surface area (Å²) in [6.07, 6.45) is 3.65. The maximum absolute atomic E-state index is 12.3. The minimum atomic E-state index is -0.148. The molecule has 0 saturated heterocycles. The number of aryl methyl sites for hydroxylation is 1. The molecule has 2 aromatic heterocycles. The van der Waals surface area contributed by atoms with Crippen LogP contribution in [0.3, 0.4) is 0 Å². The van der Waals surface area contributed by atoms with E-state index >= 15 is 0 Å². The SMILES string of the molecule is Cc1cc(=O)n2cc(-c3ccc(Cl)cc3)nc2n1CC(=O)C1CC1. The van der Waals surface area contributed by atoms with Crippen molar-refractivity contribution in [1.82, 2.24) is 14.0 Å². The monoisotopic (exact) mass is 341 g/mol. The molecular formula is C18H16ClN3O2. The molecule has 1 aliphatic carbocycles. The van der Waals surface area contributed by atoms with Crippen LogP contribution in [-0.4, -0.2) is 19.7 Å². The van der Waals surface area contributed by atoms with Gasteiger partial charge in [0.2, 0.25) is 5.78 Å². The first kappa shape index (κ1) is 15.1. The third-order valence-corrected chi connectivity index (χ3v) is 4.66. The first-order chi connectivity index (χ1) is 11.5. The molecule has 0 bridgehead atoms. The van der Waals surface area contributed by atoms with E-state index in [0.29, 0.717) is 16.5 Å². The molecule has 4 rings (SSSR count). The lowest BCUT2D eigenvalue weighted by molar-refractivity contribution is -0.120. The van der Waals surface area contributed by atoms with Crippen molar-refractivity contribution in [2.75, 3.05) is 0 Å². The summed E-state index contributed by atoms with van der Waals surface area (Å²) < 4.78 is 3.32. The molecule has 2 heterocycles. The minimum absolute atomic E-state index is 0.148. The van der Waals surface area contributed by atoms with Gasteiger partial charge < -0.3 is 4.57 Å². The van der Waals surface area contributed by atoms with Crippen molar-refractivity contribution in [3.8, 4) is 11.3 Å². The van der Waals surface area contributed by atoms with Gasteiger partial charge in [0.25, 0.3) is 5.56 Å². The number of halogens is 1. The van der Waals surface area contributed by atoms with Gasteiger partial charge >= 0.3 is 0 Å². The van der Waals surface area contributed by atoms with Crippen LogP contribution in [-0.2, 0) is 11.3 Å². The number of nitrogens with zero attached hydrogens (tertiary/aromatic N) is 3. The molecule has 3 aromatic rings. The number of hydrogen-bond acceptors (Lipinski definition) is 3. The molecule has 1 fully saturated rings. The fraction of sp³-hybridized carbons (Fsp3) is 0.278. The largest absolute Gasteiger partial charge is 0.308 e. The molecule has 24 heavy (non-hydrogen) atoms. The van der Waals surface area contributed by atoms with Gasteiger partial charge in [-0.1, -0.05) is 23.7 Å². The van der Waals surface area contributed by atoms with E-state index < -0.39 is 0 Å². The maximum Gasteiger partial charge on any atom is 0.259 e. The summed E-state index contributed by atoms with van der Waals surface area (Å²) in [5.41, 5.74) is 2.15. The van der Waals surface area contributed by atoms with Crippen LogP contribution in [0.4, 0.5) is 0 Å². The summed E-state index contributed by atoms with van der Waals surface area (Å²) in [5, 5.41) is 0.646. The Hall–Kier alpha value is -2.40. The summed E-state index contributed by atoms with van der Waals surface area (Å²) in [6.45, 7) is 2.09. The highest BCUT2D eigenvalue weighted by Gasteiger charge is 2.30. The van der Waals surface area contributed by atoms with E-state index in [1.807, 2.05) is 23.6 Å². The molecule has 5 nitrogen and oxygen atoms in total. The number of hydrogen-bond donors (Lipinski definition) is 0. The highest BCUT2D eigenvalue weighted by molar-refractivity contribution is 6.30. The van der Waals surface area contributed by atoms with E-state index in [4.69, 9.17) is 11.6 Å². The summed E-state index contributed by atoms with van der Waals surface area (Å²) >= 11 is 5.92. The van der Waals surface area contributed by atoms with Crippen LogP contribution in [0, 0.1) is 12.8 Å². The van der Waals surface area contributed by atoms with Crippen molar-refractivity contribution in [3.05, 3.63) is 57.6 Å². The number of benzene rings is 1. The van der Waals surface area contributed by atoms with Crippen molar-refractivity contribution in [2.45, 2.75) is 26.3 Å². The number of carbonyl (C=O) groups excluding carboxylic acids is 1. The second kappa shape index (κ2) is 5.60. The molecule has 0 radical (unpaired) electrons. The van der Waals surface area contributed by atoms with Gasteiger partial charge in [-0.2, -0.15) is 0 Å². The summed E-state index contributed by atoms with van der Waals surface area (Å²) in [4.78, 5) is 29.1. The first-order valence-corrected chi connectivity index (χ1v) is 8.29. The molecule has 1 saturated carbocycles. The maximum atomic E-state index is 12.3. The second-order valence-corrected chi connectivity index (χ2v) is 6.69. The minimum Gasteiger partial charge on any atom is -0.308 e. The standard InChI is InChI=1S/C18H16ClN3O2/c1-11-8-17(24)22-9-15(12-4-6-14(19)7-5-12)20-18(22)21(11)10-16(23)13-2-3-13/h4-9,13H,2-3,10H2,1H3. The van der Waals surface area contributed by atoms with Crippen molar-refractivity contribution in [1.29, 1.82) is 0 Å². The molecule has 0 unspecified atom stereocenters. The van der Waals surface area contributed by atoms with Crippen molar-refractivity contribution >= 4 is 23.2 Å². The zero-order valence-electron chi connectivity index (χ0n) is 13.2. The van der Waals surface area contributed by atoms with E-state index in [1.54, 1.807) is 24.4 Å². The predicted molar refractivity (Wildman–Crippen MR) is 92.4 cm³/mol. The van der Waals surface area contributed by atoms with Crippen LogP contribution in [0.1, 0.15) is 18.5 Å². The van der Waals surface area contributed by atoms with E-state index in [1.165, 1.54) is 4.40 Å². The Labute approximate surface area is 143 Å². The number of imidazole rings is 1. The highest BCUT2D eigenvalue weighted by atomic mass is 35.5. The number of rotatable bonds is 4. The number of aromatic nitrogens is 3. The van der Waals surface area contributed by atoms with Gasteiger partial charge in [-0.15, -0.1) is 0 Å². The zero-order valence-corrected chi connectivity index (χ0v) is 14.0. The lowest BCUT2D eigenvalue weighted by atomic mass is 10.2. The summed E-state index contributed by atoms with van der Waals surface area (Å²) in [5.74, 6) is 0.883. The van der Waals surface area contributed by atoms with Gasteiger partial charge in [0, 0.05) is 34.5 Å². The number of carbonyl (C=O) groups is 1. The van der Waals surface area contributed by atoms with E-state index in [2.05, 4.69) is 4.98 Å². The van der Waals surface area contributed by atoms with E-state index in [9.17, 15) is 9.59 Å². The first-order valence-electron chi connectivity index (χ1n) is 7.91. The zero-order chi connectivity index (χ0) is 16.8. The van der Waals surface area contributed by atoms with Crippen LogP contribution in [0.5, 0.6) is 0 Å². The Morgan fingerprint density at radius 3 is 2.67 bits per heavy atom. The summed E-state index contributed by atoms with van der Waals surface area (Å²) in [6, 6.07) is 8.84. The van der Waals surface area contributed by atoms with Gasteiger partial charge in [0.15, 0.2) is 5.78 Å². The normalized spacial score (nSPS) is 14.2. The third-order valence-electron chi connectivity index (χ3n) is 4.41. The van der Waals surface area contributed by atoms with Crippen LogP contribution in [0.15, 0.2) is 41.3 Å². The fourth-order valence-corrected chi connectivity index (χ4v) is 2.98. The van der Waals surface area contributed by atoms with Gasteiger partial charge in [-0.25, -0.2) is 4.98 Å². The average Bonchev–Trinajstić information content (AvgIpc) is 3.31. The molecule has 0 N–H and O–H groups in total. The molecule has 122 valence electrons. The number of Topliss-reactive ketones (excluding diaryl/α,β-unsaturated/α-hetero) is 1. The summed E-state index contributed by atoms with van der Waals surface area (Å²) in [7, 11) is 0. The quantitative estimate of drug-likeness (QED) is 0.732. The molecule has 0 amide bonds. The number of fused-ring (bicyclic) bond motifs is 1. The molecule has 1 aliphatic rings. The van der Waals surface area contributed by atoms with Crippen molar-refractivity contribution in [3.63, 3.8) is 0 Å². The van der Waals surface area contributed by atoms with Gasteiger partial charge in [-0.05, 0) is 31.9 Å². The Kier molecular flexibility index (Phi) is 3.53. The average molecular weight is 342 g/mol. The van der Waals surface area contributed by atoms with Gasteiger partial charge in [-0.3, -0.25) is 14.0 Å². The van der Waals surface area contributed by atoms with Gasteiger partial charge in [0.05, 0.1) is 12.2 Å². The fourth-order valence-electron chi connectivity index (χ4n) is 2.85. The predicted octanol–water partition coefficient (Wildman–Crippen LogP) is 3.10. The van der Waals surface area contributed by atoms with E-state index in [0.717, 1.165) is 24.1 Å².